The lowest BCUT2D eigenvalue weighted by Crippen LogP contribution is -2.12. The van der Waals surface area contributed by atoms with Gasteiger partial charge in [0.15, 0.2) is 5.89 Å². The van der Waals surface area contributed by atoms with Crippen LogP contribution in [-0.2, 0) is 0 Å². The van der Waals surface area contributed by atoms with Gasteiger partial charge in [0, 0.05) is 23.0 Å². The van der Waals surface area contributed by atoms with E-state index in [1.165, 1.54) is 0 Å². The molecular weight excluding hydrogens is 334 g/mol. The quantitative estimate of drug-likeness (QED) is 0.765. The lowest BCUT2D eigenvalue weighted by Gasteiger charge is -2.08. The standard InChI is InChI=1S/C15H12BrN3O2/c1-8-14(21-9(2)18-8)15(20)19-12-6-5-11(16)10-4-3-7-17-13(10)12/h3-7H,1-2H3,(H,19,20). The van der Waals surface area contributed by atoms with Crippen LogP contribution in [0.4, 0.5) is 5.69 Å². The predicted octanol–water partition coefficient (Wildman–Crippen LogP) is 3.85. The van der Waals surface area contributed by atoms with Crippen molar-refractivity contribution in [3.05, 3.63) is 52.3 Å². The molecule has 0 radical (unpaired) electrons. The van der Waals surface area contributed by atoms with Crippen molar-refractivity contribution in [3.63, 3.8) is 0 Å². The number of aromatic nitrogens is 2. The maximum absolute atomic E-state index is 12.3. The Morgan fingerprint density at radius 2 is 2.10 bits per heavy atom. The number of oxazole rings is 1. The number of anilines is 1. The molecule has 3 rings (SSSR count). The zero-order chi connectivity index (χ0) is 15.0. The fraction of sp³-hybridized carbons (Fsp3) is 0.133. The molecule has 0 spiro atoms. The second-order valence-corrected chi connectivity index (χ2v) is 5.45. The minimum Gasteiger partial charge on any atom is -0.436 e. The lowest BCUT2D eigenvalue weighted by molar-refractivity contribution is 0.0994. The summed E-state index contributed by atoms with van der Waals surface area (Å²) in [6.07, 6.45) is 1.69. The van der Waals surface area contributed by atoms with Crippen LogP contribution in [0.2, 0.25) is 0 Å². The van der Waals surface area contributed by atoms with Gasteiger partial charge in [-0.05, 0) is 25.1 Å². The summed E-state index contributed by atoms with van der Waals surface area (Å²) in [5.41, 5.74) is 1.92. The highest BCUT2D eigenvalue weighted by molar-refractivity contribution is 9.10. The number of amides is 1. The Labute approximate surface area is 129 Å². The number of carbonyl (C=O) groups excluding carboxylic acids is 1. The largest absolute Gasteiger partial charge is 0.436 e. The second kappa shape index (κ2) is 5.29. The van der Waals surface area contributed by atoms with Gasteiger partial charge in [-0.25, -0.2) is 4.98 Å². The van der Waals surface area contributed by atoms with Crippen molar-refractivity contribution in [3.8, 4) is 0 Å². The first-order valence-corrected chi connectivity index (χ1v) is 7.14. The molecule has 0 atom stereocenters. The number of hydrogen-bond donors (Lipinski definition) is 1. The highest BCUT2D eigenvalue weighted by Crippen LogP contribution is 2.28. The first-order valence-electron chi connectivity index (χ1n) is 6.35. The van der Waals surface area contributed by atoms with E-state index in [0.717, 1.165) is 9.86 Å². The number of aryl methyl sites for hydroxylation is 2. The maximum atomic E-state index is 12.3. The van der Waals surface area contributed by atoms with E-state index < -0.39 is 0 Å². The van der Waals surface area contributed by atoms with E-state index in [1.54, 1.807) is 26.1 Å². The van der Waals surface area contributed by atoms with Gasteiger partial charge >= 0.3 is 0 Å². The monoisotopic (exact) mass is 345 g/mol. The third kappa shape index (κ3) is 2.54. The molecule has 3 aromatic rings. The molecule has 1 N–H and O–H groups in total. The van der Waals surface area contributed by atoms with E-state index in [1.807, 2.05) is 18.2 Å². The fourth-order valence-electron chi connectivity index (χ4n) is 2.16. The van der Waals surface area contributed by atoms with Gasteiger partial charge in [-0.3, -0.25) is 9.78 Å². The first kappa shape index (κ1) is 13.8. The highest BCUT2D eigenvalue weighted by atomic mass is 79.9. The van der Waals surface area contributed by atoms with Crippen LogP contribution in [0.3, 0.4) is 0 Å². The molecule has 0 aliphatic heterocycles. The van der Waals surface area contributed by atoms with Gasteiger partial charge < -0.3 is 9.73 Å². The number of nitrogens with zero attached hydrogens (tertiary/aromatic N) is 2. The van der Waals surface area contributed by atoms with Gasteiger partial charge in [-0.1, -0.05) is 22.0 Å². The van der Waals surface area contributed by atoms with Crippen LogP contribution in [0, 0.1) is 13.8 Å². The van der Waals surface area contributed by atoms with Gasteiger partial charge in [-0.2, -0.15) is 0 Å². The van der Waals surface area contributed by atoms with Gasteiger partial charge in [0.25, 0.3) is 5.91 Å². The van der Waals surface area contributed by atoms with E-state index >= 15 is 0 Å². The summed E-state index contributed by atoms with van der Waals surface area (Å²) in [5, 5.41) is 3.76. The number of hydrogen-bond acceptors (Lipinski definition) is 4. The van der Waals surface area contributed by atoms with E-state index in [0.29, 0.717) is 22.8 Å². The molecular formula is C15H12BrN3O2. The molecule has 21 heavy (non-hydrogen) atoms. The van der Waals surface area contributed by atoms with Crippen molar-refractivity contribution in [2.75, 3.05) is 5.32 Å². The summed E-state index contributed by atoms with van der Waals surface area (Å²) >= 11 is 3.48. The molecule has 0 bridgehead atoms. The molecule has 2 heterocycles. The van der Waals surface area contributed by atoms with Crippen LogP contribution in [0.5, 0.6) is 0 Å². The van der Waals surface area contributed by atoms with Crippen LogP contribution < -0.4 is 5.32 Å². The SMILES string of the molecule is Cc1nc(C)c(C(=O)Nc2ccc(Br)c3cccnc23)o1. The van der Waals surface area contributed by atoms with Crippen LogP contribution in [0.15, 0.2) is 39.4 Å². The average Bonchev–Trinajstić information content (AvgIpc) is 2.81. The van der Waals surface area contributed by atoms with Crippen molar-refractivity contribution < 1.29 is 9.21 Å². The van der Waals surface area contributed by atoms with E-state index in [-0.39, 0.29) is 11.7 Å². The second-order valence-electron chi connectivity index (χ2n) is 4.60. The van der Waals surface area contributed by atoms with Crippen molar-refractivity contribution >= 4 is 38.4 Å². The molecule has 5 nitrogen and oxygen atoms in total. The third-order valence-electron chi connectivity index (χ3n) is 3.07. The average molecular weight is 346 g/mol. The van der Waals surface area contributed by atoms with E-state index in [2.05, 4.69) is 31.2 Å². The number of rotatable bonds is 2. The minimum atomic E-state index is -0.331. The Morgan fingerprint density at radius 3 is 2.81 bits per heavy atom. The Balaban J connectivity index is 2.01. The molecule has 0 fully saturated rings. The number of nitrogens with one attached hydrogen (secondary N) is 1. The zero-order valence-electron chi connectivity index (χ0n) is 11.5. The molecule has 0 unspecified atom stereocenters. The highest BCUT2D eigenvalue weighted by Gasteiger charge is 2.17. The van der Waals surface area contributed by atoms with Crippen molar-refractivity contribution in [1.82, 2.24) is 9.97 Å². The normalized spacial score (nSPS) is 10.8. The van der Waals surface area contributed by atoms with E-state index in [9.17, 15) is 4.79 Å². The summed E-state index contributed by atoms with van der Waals surface area (Å²) in [6.45, 7) is 3.45. The molecule has 2 aromatic heterocycles. The number of carbonyl (C=O) groups is 1. The molecule has 0 aliphatic rings. The summed E-state index contributed by atoms with van der Waals surface area (Å²) in [7, 11) is 0. The summed E-state index contributed by atoms with van der Waals surface area (Å²) in [5.74, 6) is 0.360. The Bertz CT molecular complexity index is 842. The van der Waals surface area contributed by atoms with Crippen molar-refractivity contribution in [2.24, 2.45) is 0 Å². The zero-order valence-corrected chi connectivity index (χ0v) is 13.1. The lowest BCUT2D eigenvalue weighted by atomic mass is 10.2. The van der Waals surface area contributed by atoms with Crippen LogP contribution >= 0.6 is 15.9 Å². The molecule has 0 saturated carbocycles. The number of halogens is 1. The smallest absolute Gasteiger partial charge is 0.293 e. The summed E-state index contributed by atoms with van der Waals surface area (Å²) in [6, 6.07) is 7.46. The molecule has 1 aromatic carbocycles. The fourth-order valence-corrected chi connectivity index (χ4v) is 2.61. The van der Waals surface area contributed by atoms with Gasteiger partial charge in [-0.15, -0.1) is 0 Å². The van der Waals surface area contributed by atoms with Crippen molar-refractivity contribution in [2.45, 2.75) is 13.8 Å². The predicted molar refractivity (Wildman–Crippen MR) is 83.4 cm³/mol. The summed E-state index contributed by atoms with van der Waals surface area (Å²) < 4.78 is 6.26. The van der Waals surface area contributed by atoms with Gasteiger partial charge in [0.05, 0.1) is 16.9 Å². The number of benzene rings is 1. The van der Waals surface area contributed by atoms with Crippen LogP contribution in [0.1, 0.15) is 22.1 Å². The molecule has 6 heteroatoms. The van der Waals surface area contributed by atoms with Crippen LogP contribution in [-0.4, -0.2) is 15.9 Å². The molecule has 0 saturated heterocycles. The minimum absolute atomic E-state index is 0.222. The first-order chi connectivity index (χ1) is 10.1. The van der Waals surface area contributed by atoms with E-state index in [4.69, 9.17) is 4.42 Å². The maximum Gasteiger partial charge on any atom is 0.293 e. The van der Waals surface area contributed by atoms with Crippen LogP contribution in [0.25, 0.3) is 10.9 Å². The molecule has 1 amide bonds. The Hall–Kier alpha value is -2.21. The topological polar surface area (TPSA) is 68.0 Å². The summed E-state index contributed by atoms with van der Waals surface area (Å²) in [4.78, 5) is 20.7. The van der Waals surface area contributed by atoms with Gasteiger partial charge in [0.2, 0.25) is 5.76 Å². The third-order valence-corrected chi connectivity index (χ3v) is 3.77. The molecule has 0 aliphatic carbocycles. The number of pyridine rings is 1. The Morgan fingerprint density at radius 1 is 1.29 bits per heavy atom. The van der Waals surface area contributed by atoms with Crippen molar-refractivity contribution in [1.29, 1.82) is 0 Å². The number of fused-ring (bicyclic) bond motifs is 1. The van der Waals surface area contributed by atoms with Gasteiger partial charge in [0.1, 0.15) is 0 Å². The molecule has 106 valence electrons. The Kier molecular flexibility index (Phi) is 3.47.